The third kappa shape index (κ3) is 5.62. The Morgan fingerprint density at radius 1 is 0.931 bits per heavy atom. The van der Waals surface area contributed by atoms with Gasteiger partial charge >= 0.3 is 5.97 Å². The van der Waals surface area contributed by atoms with Gasteiger partial charge in [-0.1, -0.05) is 60.7 Å². The maximum atomic E-state index is 12.4. The van der Waals surface area contributed by atoms with Crippen LogP contribution in [-0.4, -0.2) is 16.0 Å². The summed E-state index contributed by atoms with van der Waals surface area (Å²) in [5.41, 5.74) is 3.93. The zero-order valence-corrected chi connectivity index (χ0v) is 15.9. The lowest BCUT2D eigenvalue weighted by molar-refractivity contribution is -0.763. The van der Waals surface area contributed by atoms with Crippen LogP contribution in [0.2, 0.25) is 0 Å². The highest BCUT2D eigenvalue weighted by Gasteiger charge is 2.17. The third-order valence-corrected chi connectivity index (χ3v) is 4.42. The molecule has 0 aliphatic heterocycles. The predicted octanol–water partition coefficient (Wildman–Crippen LogP) is 4.30. The molecular formula is C22H20N2O5. The summed E-state index contributed by atoms with van der Waals surface area (Å²) in [5.74, 6) is -0.799. The molecule has 7 heteroatoms. The van der Waals surface area contributed by atoms with Gasteiger partial charge in [-0.05, 0) is 35.7 Å². The van der Waals surface area contributed by atoms with Crippen LogP contribution in [0.5, 0.6) is 0 Å². The summed E-state index contributed by atoms with van der Waals surface area (Å²) < 4.78 is 5.36. The summed E-state index contributed by atoms with van der Waals surface area (Å²) in [5, 5.41) is 9.39. The first kappa shape index (κ1) is 20.0. The van der Waals surface area contributed by atoms with Gasteiger partial charge in [0, 0.05) is 0 Å². The number of hydrogen-bond donors (Lipinski definition) is 0. The SMILES string of the molecule is CC(C(=O)OCc1cccc(CO[N+](=O)[O-])n1)c1ccc(-c2ccccc2)cc1. The normalized spacial score (nSPS) is 11.5. The Labute approximate surface area is 168 Å². The molecule has 1 aromatic heterocycles. The van der Waals surface area contributed by atoms with Gasteiger partial charge in [-0.25, -0.2) is 0 Å². The second-order valence-corrected chi connectivity index (χ2v) is 6.43. The van der Waals surface area contributed by atoms with E-state index in [4.69, 9.17) is 4.74 Å². The number of hydrogen-bond acceptors (Lipinski definition) is 6. The van der Waals surface area contributed by atoms with Crippen molar-refractivity contribution in [1.29, 1.82) is 0 Å². The molecule has 3 rings (SSSR count). The molecule has 0 spiro atoms. The molecule has 2 aromatic carbocycles. The Balaban J connectivity index is 1.58. The zero-order valence-electron chi connectivity index (χ0n) is 15.9. The molecule has 0 saturated carbocycles. The highest BCUT2D eigenvalue weighted by molar-refractivity contribution is 5.78. The van der Waals surface area contributed by atoms with E-state index in [2.05, 4.69) is 9.82 Å². The van der Waals surface area contributed by atoms with E-state index in [1.165, 1.54) is 0 Å². The van der Waals surface area contributed by atoms with Crippen LogP contribution in [0.3, 0.4) is 0 Å². The van der Waals surface area contributed by atoms with Crippen LogP contribution in [0.15, 0.2) is 72.8 Å². The number of ether oxygens (including phenoxy) is 1. The van der Waals surface area contributed by atoms with Gasteiger partial charge in [0.2, 0.25) is 0 Å². The molecule has 0 aliphatic rings. The van der Waals surface area contributed by atoms with Gasteiger partial charge in [-0.3, -0.25) is 9.78 Å². The minimum atomic E-state index is -0.876. The first-order valence-electron chi connectivity index (χ1n) is 9.07. The van der Waals surface area contributed by atoms with Crippen molar-refractivity contribution in [2.45, 2.75) is 26.1 Å². The number of aromatic nitrogens is 1. The van der Waals surface area contributed by atoms with Gasteiger partial charge in [0.1, 0.15) is 13.2 Å². The first-order chi connectivity index (χ1) is 14.0. The number of pyridine rings is 1. The summed E-state index contributed by atoms with van der Waals surface area (Å²) in [6.45, 7) is 1.52. The van der Waals surface area contributed by atoms with E-state index in [9.17, 15) is 14.9 Å². The van der Waals surface area contributed by atoms with Gasteiger partial charge in [-0.2, -0.15) is 0 Å². The van der Waals surface area contributed by atoms with Crippen LogP contribution < -0.4 is 0 Å². The third-order valence-electron chi connectivity index (χ3n) is 4.42. The van der Waals surface area contributed by atoms with Crippen LogP contribution in [0.1, 0.15) is 29.8 Å². The van der Waals surface area contributed by atoms with E-state index in [0.717, 1.165) is 16.7 Å². The fraction of sp³-hybridized carbons (Fsp3) is 0.182. The lowest BCUT2D eigenvalue weighted by Gasteiger charge is -2.13. The quantitative estimate of drug-likeness (QED) is 0.322. The number of carbonyl (C=O) groups excluding carboxylic acids is 1. The van der Waals surface area contributed by atoms with Crippen molar-refractivity contribution < 1.29 is 19.5 Å². The standard InChI is InChI=1S/C22H20N2O5/c1-16(17-10-12-19(13-11-17)18-6-3-2-4-7-18)22(25)28-14-20-8-5-9-21(23-20)15-29-24(26)27/h2-13,16H,14-15H2,1H3. The van der Waals surface area contributed by atoms with Crippen LogP contribution in [0.25, 0.3) is 11.1 Å². The molecule has 148 valence electrons. The molecule has 0 bridgehead atoms. The van der Waals surface area contributed by atoms with E-state index in [1.54, 1.807) is 25.1 Å². The van der Waals surface area contributed by atoms with Crippen molar-refractivity contribution in [2.24, 2.45) is 0 Å². The van der Waals surface area contributed by atoms with Crippen molar-refractivity contribution >= 4 is 5.97 Å². The number of benzene rings is 2. The Morgan fingerprint density at radius 3 is 2.21 bits per heavy atom. The monoisotopic (exact) mass is 392 g/mol. The average molecular weight is 392 g/mol. The highest BCUT2D eigenvalue weighted by Crippen LogP contribution is 2.23. The molecule has 3 aromatic rings. The van der Waals surface area contributed by atoms with Crippen molar-refractivity contribution in [3.05, 3.63) is 99.9 Å². The van der Waals surface area contributed by atoms with Crippen molar-refractivity contribution in [2.75, 3.05) is 0 Å². The van der Waals surface area contributed by atoms with Crippen LogP contribution >= 0.6 is 0 Å². The maximum absolute atomic E-state index is 12.4. The molecule has 0 amide bonds. The molecule has 0 aliphatic carbocycles. The molecule has 0 fully saturated rings. The minimum absolute atomic E-state index is 0.0163. The summed E-state index contributed by atoms with van der Waals surface area (Å²) in [7, 11) is 0. The maximum Gasteiger partial charge on any atom is 0.313 e. The second kappa shape index (κ2) is 9.45. The van der Waals surface area contributed by atoms with E-state index >= 15 is 0 Å². The fourth-order valence-corrected chi connectivity index (χ4v) is 2.81. The van der Waals surface area contributed by atoms with Gasteiger partial charge in [0.25, 0.3) is 5.09 Å². The van der Waals surface area contributed by atoms with Crippen LogP contribution in [0, 0.1) is 10.1 Å². The first-order valence-corrected chi connectivity index (χ1v) is 9.07. The Morgan fingerprint density at radius 2 is 1.55 bits per heavy atom. The molecule has 0 N–H and O–H groups in total. The fourth-order valence-electron chi connectivity index (χ4n) is 2.81. The lowest BCUT2D eigenvalue weighted by Crippen LogP contribution is -2.14. The topological polar surface area (TPSA) is 91.6 Å². The van der Waals surface area contributed by atoms with Crippen molar-refractivity contribution in [1.82, 2.24) is 4.98 Å². The summed E-state index contributed by atoms with van der Waals surface area (Å²) >= 11 is 0. The molecule has 1 atom stereocenters. The van der Waals surface area contributed by atoms with E-state index in [1.807, 2.05) is 54.6 Å². The molecule has 0 radical (unpaired) electrons. The summed E-state index contributed by atoms with van der Waals surface area (Å²) in [6, 6.07) is 22.8. The highest BCUT2D eigenvalue weighted by atomic mass is 16.9. The van der Waals surface area contributed by atoms with Crippen molar-refractivity contribution in [3.8, 4) is 11.1 Å². The molecular weight excluding hydrogens is 372 g/mol. The Bertz CT molecular complexity index is 974. The van der Waals surface area contributed by atoms with Gasteiger partial charge in [0.15, 0.2) is 0 Å². The number of carbonyl (C=O) groups is 1. The summed E-state index contributed by atoms with van der Waals surface area (Å²) in [4.78, 5) is 31.2. The Hall–Kier alpha value is -3.74. The van der Waals surface area contributed by atoms with E-state index in [-0.39, 0.29) is 19.2 Å². The van der Waals surface area contributed by atoms with Crippen LogP contribution in [-0.2, 0) is 27.6 Å². The van der Waals surface area contributed by atoms with Crippen LogP contribution in [0.4, 0.5) is 0 Å². The largest absolute Gasteiger partial charge is 0.459 e. The van der Waals surface area contributed by atoms with Gasteiger partial charge in [-0.15, -0.1) is 10.1 Å². The van der Waals surface area contributed by atoms with Gasteiger partial charge in [0.05, 0.1) is 17.3 Å². The predicted molar refractivity (Wildman–Crippen MR) is 106 cm³/mol. The molecule has 1 unspecified atom stereocenters. The minimum Gasteiger partial charge on any atom is -0.459 e. The smallest absolute Gasteiger partial charge is 0.313 e. The molecule has 0 saturated heterocycles. The van der Waals surface area contributed by atoms with E-state index < -0.39 is 11.0 Å². The van der Waals surface area contributed by atoms with Gasteiger partial charge < -0.3 is 9.57 Å². The number of nitrogens with zero attached hydrogens (tertiary/aromatic N) is 2. The number of rotatable bonds is 8. The second-order valence-electron chi connectivity index (χ2n) is 6.43. The molecule has 29 heavy (non-hydrogen) atoms. The molecule has 7 nitrogen and oxygen atoms in total. The Kier molecular flexibility index (Phi) is 6.52. The lowest BCUT2D eigenvalue weighted by atomic mass is 9.97. The number of esters is 1. The van der Waals surface area contributed by atoms with E-state index in [0.29, 0.717) is 11.4 Å². The zero-order chi connectivity index (χ0) is 20.6. The summed E-state index contributed by atoms with van der Waals surface area (Å²) in [6.07, 6.45) is 0. The average Bonchev–Trinajstić information content (AvgIpc) is 2.76. The molecule has 1 heterocycles. The van der Waals surface area contributed by atoms with Crippen molar-refractivity contribution in [3.63, 3.8) is 0 Å².